The van der Waals surface area contributed by atoms with Crippen molar-refractivity contribution in [1.82, 2.24) is 40.0 Å². The van der Waals surface area contributed by atoms with Gasteiger partial charge in [0.25, 0.3) is 0 Å². The molecule has 0 unspecified atom stereocenters. The Bertz CT molecular complexity index is 1020. The van der Waals surface area contributed by atoms with Crippen LogP contribution in [0.25, 0.3) is 16.7 Å². The van der Waals surface area contributed by atoms with E-state index in [1.54, 1.807) is 15.6 Å². The lowest BCUT2D eigenvalue weighted by molar-refractivity contribution is 0.765. The van der Waals surface area contributed by atoms with Gasteiger partial charge < -0.3 is 5.32 Å². The lowest BCUT2D eigenvalue weighted by Crippen LogP contribution is -2.11. The minimum atomic E-state index is 0.439. The van der Waals surface area contributed by atoms with E-state index in [-0.39, 0.29) is 0 Å². The zero-order chi connectivity index (χ0) is 17.9. The van der Waals surface area contributed by atoms with Gasteiger partial charge in [-0.25, -0.2) is 9.97 Å². The van der Waals surface area contributed by atoms with E-state index in [0.29, 0.717) is 12.4 Å². The number of benzene rings is 1. The number of hydrogen-bond donors (Lipinski definition) is 1. The lowest BCUT2D eigenvalue weighted by Gasteiger charge is -2.09. The van der Waals surface area contributed by atoms with Gasteiger partial charge in [0.2, 0.25) is 0 Å². The van der Waals surface area contributed by atoms with Gasteiger partial charge in [0.05, 0.1) is 23.8 Å². The second-order valence-corrected chi connectivity index (χ2v) is 5.94. The van der Waals surface area contributed by atoms with Crippen molar-refractivity contribution in [2.24, 2.45) is 7.05 Å². The van der Waals surface area contributed by atoms with Crippen LogP contribution in [0.3, 0.4) is 0 Å². The Morgan fingerprint density at radius 2 is 1.96 bits per heavy atom. The second kappa shape index (κ2) is 6.87. The van der Waals surface area contributed by atoms with Crippen molar-refractivity contribution in [2.45, 2.75) is 26.3 Å². The number of aromatic nitrogens is 8. The van der Waals surface area contributed by atoms with E-state index in [4.69, 9.17) is 0 Å². The van der Waals surface area contributed by atoms with Crippen molar-refractivity contribution in [2.75, 3.05) is 5.32 Å². The van der Waals surface area contributed by atoms with Crippen LogP contribution in [0.1, 0.15) is 25.0 Å². The molecule has 4 rings (SSSR count). The number of nitrogens with one attached hydrogen (secondary N) is 1. The van der Waals surface area contributed by atoms with Gasteiger partial charge in [0, 0.05) is 13.5 Å². The molecule has 0 fully saturated rings. The molecule has 0 saturated carbocycles. The predicted molar refractivity (Wildman–Crippen MR) is 96.8 cm³/mol. The van der Waals surface area contributed by atoms with Crippen LogP contribution in [0.15, 0.2) is 36.5 Å². The summed E-state index contributed by atoms with van der Waals surface area (Å²) >= 11 is 0. The quantitative estimate of drug-likeness (QED) is 0.567. The van der Waals surface area contributed by atoms with Crippen LogP contribution in [0.2, 0.25) is 0 Å². The Balaban J connectivity index is 1.64. The maximum absolute atomic E-state index is 4.65. The van der Waals surface area contributed by atoms with Gasteiger partial charge in [-0.15, -0.1) is 5.10 Å². The maximum atomic E-state index is 4.65. The molecule has 9 heteroatoms. The Morgan fingerprint density at radius 3 is 2.77 bits per heavy atom. The summed E-state index contributed by atoms with van der Waals surface area (Å²) in [5, 5.41) is 20.5. The van der Waals surface area contributed by atoms with E-state index in [1.165, 1.54) is 0 Å². The molecular weight excluding hydrogens is 330 g/mol. The summed E-state index contributed by atoms with van der Waals surface area (Å²) in [5.74, 6) is 2.24. The summed E-state index contributed by atoms with van der Waals surface area (Å²) in [6, 6.07) is 9.79. The van der Waals surface area contributed by atoms with Crippen LogP contribution in [-0.2, 0) is 20.0 Å². The van der Waals surface area contributed by atoms with E-state index in [2.05, 4.69) is 42.8 Å². The Labute approximate surface area is 150 Å². The highest BCUT2D eigenvalue weighted by Crippen LogP contribution is 2.20. The summed E-state index contributed by atoms with van der Waals surface area (Å²) < 4.78 is 3.47. The van der Waals surface area contributed by atoms with Crippen LogP contribution < -0.4 is 5.32 Å². The molecule has 4 aromatic rings. The van der Waals surface area contributed by atoms with E-state index in [9.17, 15) is 0 Å². The number of aryl methyl sites for hydroxylation is 2. The molecule has 0 spiro atoms. The molecular formula is C17H19N9. The molecule has 1 aromatic carbocycles. The Hall–Kier alpha value is -3.36. The standard InChI is InChI=1S/C17H19N9/c1-3-7-14-20-16(13-10-19-25(2)17(13)21-14)18-11-15-22-23-24-26(15)12-8-5-4-6-9-12/h4-6,8-10H,3,7,11H2,1-2H3,(H,18,20,21). The first-order valence-corrected chi connectivity index (χ1v) is 8.51. The van der Waals surface area contributed by atoms with Gasteiger partial charge in [0.1, 0.15) is 11.6 Å². The first kappa shape index (κ1) is 16.1. The third kappa shape index (κ3) is 2.99. The molecule has 0 saturated heterocycles. The molecule has 132 valence electrons. The first-order chi connectivity index (χ1) is 12.8. The van der Waals surface area contributed by atoms with Gasteiger partial charge in [-0.3, -0.25) is 4.68 Å². The van der Waals surface area contributed by atoms with Gasteiger partial charge in [0.15, 0.2) is 11.5 Å². The molecule has 0 aliphatic heterocycles. The summed E-state index contributed by atoms with van der Waals surface area (Å²) in [4.78, 5) is 9.25. The Morgan fingerprint density at radius 1 is 1.12 bits per heavy atom. The summed E-state index contributed by atoms with van der Waals surface area (Å²) in [5.41, 5.74) is 1.73. The van der Waals surface area contributed by atoms with Gasteiger partial charge >= 0.3 is 0 Å². The predicted octanol–water partition coefficient (Wildman–Crippen LogP) is 1.90. The normalized spacial score (nSPS) is 11.2. The Kier molecular flexibility index (Phi) is 4.26. The van der Waals surface area contributed by atoms with E-state index in [1.807, 2.05) is 37.4 Å². The number of fused-ring (bicyclic) bond motifs is 1. The fourth-order valence-electron chi connectivity index (χ4n) is 2.79. The molecule has 0 bridgehead atoms. The van der Waals surface area contributed by atoms with Crippen LogP contribution in [0.5, 0.6) is 0 Å². The molecule has 0 amide bonds. The molecule has 0 aliphatic carbocycles. The third-order valence-corrected chi connectivity index (χ3v) is 4.06. The summed E-state index contributed by atoms with van der Waals surface area (Å²) in [6.45, 7) is 2.55. The smallest absolute Gasteiger partial charge is 0.175 e. The monoisotopic (exact) mass is 349 g/mol. The minimum Gasteiger partial charge on any atom is -0.362 e. The second-order valence-electron chi connectivity index (χ2n) is 5.94. The average Bonchev–Trinajstić information content (AvgIpc) is 3.28. The fourth-order valence-corrected chi connectivity index (χ4v) is 2.79. The van der Waals surface area contributed by atoms with Crippen LogP contribution in [0, 0.1) is 0 Å². The highest BCUT2D eigenvalue weighted by molar-refractivity contribution is 5.86. The lowest BCUT2D eigenvalue weighted by atomic mass is 10.3. The van der Waals surface area contributed by atoms with Crippen molar-refractivity contribution in [1.29, 1.82) is 0 Å². The number of nitrogens with zero attached hydrogens (tertiary/aromatic N) is 8. The molecule has 0 radical (unpaired) electrons. The summed E-state index contributed by atoms with van der Waals surface area (Å²) in [6.07, 6.45) is 3.57. The molecule has 0 atom stereocenters. The SMILES string of the molecule is CCCc1nc(NCc2nnnn2-c2ccccc2)c2cnn(C)c2n1. The zero-order valence-corrected chi connectivity index (χ0v) is 14.7. The van der Waals surface area contributed by atoms with Gasteiger partial charge in [-0.05, 0) is 29.0 Å². The number of anilines is 1. The molecule has 9 nitrogen and oxygen atoms in total. The summed E-state index contributed by atoms with van der Waals surface area (Å²) in [7, 11) is 1.88. The number of rotatable bonds is 6. The average molecular weight is 349 g/mol. The van der Waals surface area contributed by atoms with Crippen LogP contribution in [-0.4, -0.2) is 40.0 Å². The van der Waals surface area contributed by atoms with Crippen molar-refractivity contribution in [3.8, 4) is 5.69 Å². The van der Waals surface area contributed by atoms with Crippen molar-refractivity contribution >= 4 is 16.9 Å². The topological polar surface area (TPSA) is 99.2 Å². The largest absolute Gasteiger partial charge is 0.362 e. The maximum Gasteiger partial charge on any atom is 0.175 e. The van der Waals surface area contributed by atoms with Gasteiger partial charge in [-0.1, -0.05) is 25.1 Å². The van der Waals surface area contributed by atoms with E-state index in [0.717, 1.165) is 41.2 Å². The van der Waals surface area contributed by atoms with Crippen molar-refractivity contribution in [3.63, 3.8) is 0 Å². The first-order valence-electron chi connectivity index (χ1n) is 8.51. The number of tetrazole rings is 1. The van der Waals surface area contributed by atoms with E-state index >= 15 is 0 Å². The molecule has 26 heavy (non-hydrogen) atoms. The molecule has 1 N–H and O–H groups in total. The number of para-hydroxylation sites is 1. The van der Waals surface area contributed by atoms with Gasteiger partial charge in [-0.2, -0.15) is 9.78 Å². The van der Waals surface area contributed by atoms with Crippen LogP contribution >= 0.6 is 0 Å². The highest BCUT2D eigenvalue weighted by Gasteiger charge is 2.13. The van der Waals surface area contributed by atoms with Crippen molar-refractivity contribution in [3.05, 3.63) is 48.2 Å². The molecule has 3 aromatic heterocycles. The number of hydrogen-bond acceptors (Lipinski definition) is 7. The molecule has 3 heterocycles. The minimum absolute atomic E-state index is 0.439. The third-order valence-electron chi connectivity index (χ3n) is 4.06. The highest BCUT2D eigenvalue weighted by atomic mass is 15.5. The zero-order valence-electron chi connectivity index (χ0n) is 14.7. The van der Waals surface area contributed by atoms with Crippen molar-refractivity contribution < 1.29 is 0 Å². The molecule has 0 aliphatic rings. The van der Waals surface area contributed by atoms with Crippen LogP contribution in [0.4, 0.5) is 5.82 Å². The fraction of sp³-hybridized carbons (Fsp3) is 0.294. The van der Waals surface area contributed by atoms with E-state index < -0.39 is 0 Å².